The van der Waals surface area contributed by atoms with Gasteiger partial charge >= 0.3 is 12.2 Å². The van der Waals surface area contributed by atoms with Crippen molar-refractivity contribution in [3.05, 3.63) is 71.7 Å². The number of halogens is 3. The van der Waals surface area contributed by atoms with Crippen molar-refractivity contribution in [2.75, 3.05) is 25.5 Å². The highest BCUT2D eigenvalue weighted by Gasteiger charge is 2.32. The van der Waals surface area contributed by atoms with Gasteiger partial charge in [-0.2, -0.15) is 13.2 Å². The van der Waals surface area contributed by atoms with E-state index >= 15 is 0 Å². The molecule has 1 saturated heterocycles. The Morgan fingerprint density at radius 1 is 1.14 bits per heavy atom. The molecule has 0 saturated carbocycles. The number of carbonyl (C=O) groups excluding carboxylic acids is 1. The first-order valence-corrected chi connectivity index (χ1v) is 12.0. The number of urea groups is 1. The Hall–Kier alpha value is -3.75. The summed E-state index contributed by atoms with van der Waals surface area (Å²) in [6.45, 7) is 1.90. The van der Waals surface area contributed by atoms with Gasteiger partial charge in [-0.25, -0.2) is 9.78 Å². The Labute approximate surface area is 207 Å². The van der Waals surface area contributed by atoms with Crippen molar-refractivity contribution in [2.45, 2.75) is 37.9 Å². The third-order valence-corrected chi connectivity index (χ3v) is 6.71. The monoisotopic (exact) mass is 496 g/mol. The van der Waals surface area contributed by atoms with Gasteiger partial charge in [0.25, 0.3) is 0 Å². The van der Waals surface area contributed by atoms with Crippen LogP contribution in [0.3, 0.4) is 0 Å². The highest BCUT2D eigenvalue weighted by molar-refractivity contribution is 5.89. The van der Waals surface area contributed by atoms with E-state index < -0.39 is 11.7 Å². The molecule has 0 spiro atoms. The smallest absolute Gasteiger partial charge is 0.416 e. The van der Waals surface area contributed by atoms with Gasteiger partial charge < -0.3 is 19.5 Å². The number of hydrogen-bond donors (Lipinski definition) is 1. The number of carbonyl (C=O) groups is 1. The molecule has 2 aliphatic heterocycles. The number of benzene rings is 2. The lowest BCUT2D eigenvalue weighted by Gasteiger charge is -2.33. The molecule has 2 aliphatic rings. The summed E-state index contributed by atoms with van der Waals surface area (Å²) >= 11 is 0. The number of fused-ring (bicyclic) bond motifs is 1. The van der Waals surface area contributed by atoms with Gasteiger partial charge in [0.05, 0.1) is 24.1 Å². The van der Waals surface area contributed by atoms with Crippen LogP contribution in [0.25, 0.3) is 17.3 Å². The zero-order valence-electron chi connectivity index (χ0n) is 19.9. The number of alkyl halides is 3. The maximum Gasteiger partial charge on any atom is 0.416 e. The molecule has 1 fully saturated rings. The number of ether oxygens (including phenoxy) is 1. The molecular weight excluding hydrogens is 469 g/mol. The van der Waals surface area contributed by atoms with E-state index in [1.165, 1.54) is 12.1 Å². The molecular formula is C27H27F3N4O2. The zero-order valence-corrected chi connectivity index (χ0v) is 19.9. The number of aromatic nitrogens is 2. The number of nitrogens with zero attached hydrogens (tertiary/aromatic N) is 3. The summed E-state index contributed by atoms with van der Waals surface area (Å²) in [4.78, 5) is 19.7. The first-order valence-electron chi connectivity index (χ1n) is 12.0. The van der Waals surface area contributed by atoms with Gasteiger partial charge in [0.1, 0.15) is 11.6 Å². The van der Waals surface area contributed by atoms with E-state index in [0.29, 0.717) is 18.8 Å². The van der Waals surface area contributed by atoms with Gasteiger partial charge in [0.2, 0.25) is 0 Å². The molecule has 9 heteroatoms. The summed E-state index contributed by atoms with van der Waals surface area (Å²) in [7, 11) is 1.64. The maximum absolute atomic E-state index is 13.0. The van der Waals surface area contributed by atoms with Crippen LogP contribution in [0.4, 0.5) is 23.7 Å². The van der Waals surface area contributed by atoms with Crippen LogP contribution in [0, 0.1) is 0 Å². The van der Waals surface area contributed by atoms with E-state index in [2.05, 4.69) is 22.0 Å². The lowest BCUT2D eigenvalue weighted by Crippen LogP contribution is -2.42. The normalized spacial score (nSPS) is 17.6. The van der Waals surface area contributed by atoms with Crippen molar-refractivity contribution in [3.8, 4) is 17.0 Å². The number of hydrogen-bond acceptors (Lipinski definition) is 3. The summed E-state index contributed by atoms with van der Waals surface area (Å²) in [6.07, 6.45) is 2.48. The van der Waals surface area contributed by atoms with Gasteiger partial charge in [-0.3, -0.25) is 0 Å². The number of nitrogens with one attached hydrogen (secondary N) is 1. The van der Waals surface area contributed by atoms with Gasteiger partial charge in [-0.1, -0.05) is 18.2 Å². The molecule has 0 bridgehead atoms. The molecule has 2 aromatic carbocycles. The second-order valence-electron chi connectivity index (χ2n) is 9.07. The predicted molar refractivity (Wildman–Crippen MR) is 132 cm³/mol. The van der Waals surface area contributed by atoms with Crippen LogP contribution in [0.15, 0.2) is 54.6 Å². The largest absolute Gasteiger partial charge is 0.497 e. The number of allylic oxidation sites excluding steroid dienone is 1. The predicted octanol–water partition coefficient (Wildman–Crippen LogP) is 6.41. The van der Waals surface area contributed by atoms with Crippen LogP contribution >= 0.6 is 0 Å². The fraction of sp³-hybridized carbons (Fsp3) is 0.333. The molecule has 1 N–H and O–H groups in total. The molecule has 6 nitrogen and oxygen atoms in total. The quantitative estimate of drug-likeness (QED) is 0.454. The Morgan fingerprint density at radius 3 is 2.69 bits per heavy atom. The van der Waals surface area contributed by atoms with Crippen LogP contribution in [0.2, 0.25) is 0 Å². The van der Waals surface area contributed by atoms with Crippen molar-refractivity contribution in [1.29, 1.82) is 0 Å². The highest BCUT2D eigenvalue weighted by atomic mass is 19.4. The molecule has 0 aliphatic carbocycles. The first-order chi connectivity index (χ1) is 17.3. The molecule has 5 rings (SSSR count). The van der Waals surface area contributed by atoms with E-state index in [0.717, 1.165) is 66.5 Å². The van der Waals surface area contributed by atoms with Crippen LogP contribution in [-0.4, -0.2) is 40.7 Å². The maximum atomic E-state index is 13.0. The van der Waals surface area contributed by atoms with Crippen molar-refractivity contribution < 1.29 is 22.7 Å². The second-order valence-corrected chi connectivity index (χ2v) is 9.07. The number of imidazole rings is 1. The number of anilines is 1. The molecule has 3 aromatic rings. The molecule has 1 atom stereocenters. The summed E-state index contributed by atoms with van der Waals surface area (Å²) in [5.41, 5.74) is 2.51. The second kappa shape index (κ2) is 9.72. The summed E-state index contributed by atoms with van der Waals surface area (Å²) in [5, 5.41) is 2.74. The van der Waals surface area contributed by atoms with Crippen molar-refractivity contribution in [2.24, 2.45) is 0 Å². The van der Waals surface area contributed by atoms with E-state index in [1.807, 2.05) is 24.3 Å². The van der Waals surface area contributed by atoms with Gasteiger partial charge in [0.15, 0.2) is 0 Å². The molecule has 1 unspecified atom stereocenters. The number of amides is 2. The Balaban J connectivity index is 1.36. The Kier molecular flexibility index (Phi) is 6.47. The summed E-state index contributed by atoms with van der Waals surface area (Å²) < 4.78 is 46.1. The molecule has 3 heterocycles. The molecule has 2 amide bonds. The summed E-state index contributed by atoms with van der Waals surface area (Å²) in [6, 6.07) is 12.0. The fourth-order valence-corrected chi connectivity index (χ4v) is 4.90. The number of likely N-dealkylation sites (tertiary alicyclic amines) is 1. The average Bonchev–Trinajstić information content (AvgIpc) is 3.28. The SMILES string of the molecule is COc1cccc(-c2nc(C3CCCN(C(=O)Nc4ccc(C(F)(F)F)cc4)C3)n3c2C=CCC3)c1. The minimum absolute atomic E-state index is 0.0571. The summed E-state index contributed by atoms with van der Waals surface area (Å²) in [5.74, 6) is 1.78. The van der Waals surface area contributed by atoms with Crippen molar-refractivity contribution in [1.82, 2.24) is 14.5 Å². The third-order valence-electron chi connectivity index (χ3n) is 6.71. The minimum atomic E-state index is -4.41. The average molecular weight is 497 g/mol. The van der Waals surface area contributed by atoms with Gasteiger partial charge in [0, 0.05) is 36.8 Å². The standard InChI is InChI=1S/C27H27F3N4O2/c1-36-22-8-4-6-18(16-22)24-23-9-2-3-15-34(23)25(32-24)19-7-5-14-33(17-19)26(35)31-21-12-10-20(11-13-21)27(28,29)30/h2,4,6,8-13,16,19H,3,5,7,14-15,17H2,1H3,(H,31,35). The number of rotatable bonds is 4. The van der Waals surface area contributed by atoms with Crippen LogP contribution in [-0.2, 0) is 12.7 Å². The van der Waals surface area contributed by atoms with Gasteiger partial charge in [-0.05, 0) is 61.7 Å². The zero-order chi connectivity index (χ0) is 25.3. The molecule has 188 valence electrons. The van der Waals surface area contributed by atoms with Gasteiger partial charge in [-0.15, -0.1) is 0 Å². The van der Waals surface area contributed by atoms with Crippen molar-refractivity contribution in [3.63, 3.8) is 0 Å². The molecule has 36 heavy (non-hydrogen) atoms. The van der Waals surface area contributed by atoms with Crippen LogP contribution in [0.5, 0.6) is 5.75 Å². The Bertz CT molecular complexity index is 1280. The van der Waals surface area contributed by atoms with Crippen molar-refractivity contribution >= 4 is 17.8 Å². The lowest BCUT2D eigenvalue weighted by atomic mass is 9.97. The lowest BCUT2D eigenvalue weighted by molar-refractivity contribution is -0.137. The fourth-order valence-electron chi connectivity index (χ4n) is 4.90. The topological polar surface area (TPSA) is 59.4 Å². The van der Waals surface area contributed by atoms with E-state index in [9.17, 15) is 18.0 Å². The number of methoxy groups -OCH3 is 1. The Morgan fingerprint density at radius 2 is 1.94 bits per heavy atom. The van der Waals surface area contributed by atoms with Crippen LogP contribution in [0.1, 0.15) is 42.3 Å². The minimum Gasteiger partial charge on any atom is -0.497 e. The highest BCUT2D eigenvalue weighted by Crippen LogP contribution is 2.35. The van der Waals surface area contributed by atoms with E-state index in [4.69, 9.17) is 9.72 Å². The van der Waals surface area contributed by atoms with Crippen LogP contribution < -0.4 is 10.1 Å². The molecule has 0 radical (unpaired) electrons. The van der Waals surface area contributed by atoms with E-state index in [1.54, 1.807) is 12.0 Å². The third kappa shape index (κ3) is 4.82. The first kappa shape index (κ1) is 24.0. The molecule has 1 aromatic heterocycles. The number of piperidine rings is 1. The van der Waals surface area contributed by atoms with E-state index in [-0.39, 0.29) is 11.9 Å².